The summed E-state index contributed by atoms with van der Waals surface area (Å²) in [7, 11) is 1.82. The van der Waals surface area contributed by atoms with Gasteiger partial charge < -0.3 is 10.7 Å². The second-order valence-corrected chi connectivity index (χ2v) is 7.04. The summed E-state index contributed by atoms with van der Waals surface area (Å²) < 4.78 is 16.7. The van der Waals surface area contributed by atoms with Crippen LogP contribution in [0, 0.1) is 19.7 Å². The van der Waals surface area contributed by atoms with E-state index in [0.29, 0.717) is 28.0 Å². The molecule has 0 aliphatic carbocycles. The lowest BCUT2D eigenvalue weighted by atomic mass is 10.1. The van der Waals surface area contributed by atoms with E-state index in [0.717, 1.165) is 22.3 Å². The Morgan fingerprint density at radius 2 is 1.83 bits per heavy atom. The largest absolute Gasteiger partial charge is 0.385 e. The van der Waals surface area contributed by atoms with Gasteiger partial charge in [0.05, 0.1) is 22.1 Å². The molecule has 0 fully saturated rings. The van der Waals surface area contributed by atoms with Crippen LogP contribution in [-0.4, -0.2) is 29.5 Å². The average molecular weight is 412 g/mol. The predicted octanol–water partition coefficient (Wildman–Crippen LogP) is 4.27. The van der Waals surface area contributed by atoms with Crippen molar-refractivity contribution in [1.29, 1.82) is 0 Å². The van der Waals surface area contributed by atoms with Crippen LogP contribution in [0.3, 0.4) is 0 Å². The molecular weight excluding hydrogens is 393 g/mol. The molecule has 4 aromatic rings. The van der Waals surface area contributed by atoms with Crippen LogP contribution < -0.4 is 5.73 Å². The number of aryl methyl sites for hydroxylation is 2. The van der Waals surface area contributed by atoms with E-state index in [4.69, 9.17) is 17.3 Å². The smallest absolute Gasteiger partial charge is 0.161 e. The lowest BCUT2D eigenvalue weighted by molar-refractivity contribution is 0.628. The van der Waals surface area contributed by atoms with Gasteiger partial charge in [0.15, 0.2) is 11.5 Å². The van der Waals surface area contributed by atoms with Gasteiger partial charge >= 0.3 is 0 Å². The van der Waals surface area contributed by atoms with Crippen LogP contribution in [0.5, 0.6) is 0 Å². The first-order valence-electron chi connectivity index (χ1n) is 8.88. The van der Waals surface area contributed by atoms with Crippen molar-refractivity contribution in [3.05, 3.63) is 64.8 Å². The Bertz CT molecular complexity index is 1270. The highest BCUT2D eigenvalue weighted by Crippen LogP contribution is 2.27. The molecule has 0 saturated carbocycles. The van der Waals surface area contributed by atoms with E-state index in [1.807, 2.05) is 27.0 Å². The van der Waals surface area contributed by atoms with Crippen LogP contribution in [0.2, 0.25) is 5.02 Å². The van der Waals surface area contributed by atoms with Gasteiger partial charge in [0.25, 0.3) is 0 Å². The van der Waals surface area contributed by atoms with Crippen molar-refractivity contribution >= 4 is 28.5 Å². The SMILES string of the molecule is Cc1nn(-c2cc(N)[nH]c3nn(C)c(-c4ccc(F)cc4)c3ccn2)c(C)c1Cl. The second-order valence-electron chi connectivity index (χ2n) is 6.67. The van der Waals surface area contributed by atoms with E-state index >= 15 is 0 Å². The van der Waals surface area contributed by atoms with Crippen LogP contribution in [-0.2, 0) is 7.05 Å². The van der Waals surface area contributed by atoms with Gasteiger partial charge in [0.1, 0.15) is 11.6 Å². The Kier molecular flexibility index (Phi) is 4.71. The predicted molar refractivity (Wildman–Crippen MR) is 112 cm³/mol. The standard InChI is InChI=1S/C20H19ClFN7/c1-11-18(21)12(2)29(26-11)17-10-16(23)25-20-15(8-9-24-17)19(28(3)27-20)13-4-6-14(22)7-5-13/h4-10H,23H2,1-3H3,(H,25,27). The van der Waals surface area contributed by atoms with Crippen LogP contribution >= 0.6 is 11.6 Å². The highest BCUT2D eigenvalue weighted by molar-refractivity contribution is 6.31. The van der Waals surface area contributed by atoms with Crippen LogP contribution in [0.15, 0.2) is 42.6 Å². The van der Waals surface area contributed by atoms with Gasteiger partial charge in [-0.2, -0.15) is 10.2 Å². The normalized spacial score (nSPS) is 11.1. The Morgan fingerprint density at radius 3 is 2.48 bits per heavy atom. The number of fused-ring (bicyclic) bond motifs is 1. The molecule has 0 aliphatic heterocycles. The Labute approximate surface area is 171 Å². The molecule has 148 valence electrons. The van der Waals surface area contributed by atoms with E-state index in [-0.39, 0.29) is 5.82 Å². The molecule has 0 saturated heterocycles. The number of hydrogen-bond acceptors (Lipinski definition) is 4. The monoisotopic (exact) mass is 411 g/mol. The highest BCUT2D eigenvalue weighted by atomic mass is 35.5. The summed E-state index contributed by atoms with van der Waals surface area (Å²) in [6.07, 6.45) is 1.66. The van der Waals surface area contributed by atoms with Crippen molar-refractivity contribution in [2.75, 3.05) is 5.73 Å². The molecule has 0 spiro atoms. The van der Waals surface area contributed by atoms with E-state index in [1.54, 1.807) is 33.8 Å². The van der Waals surface area contributed by atoms with E-state index in [2.05, 4.69) is 20.2 Å². The van der Waals surface area contributed by atoms with Crippen molar-refractivity contribution in [1.82, 2.24) is 29.5 Å². The van der Waals surface area contributed by atoms with Crippen LogP contribution in [0.1, 0.15) is 11.4 Å². The second kappa shape index (κ2) is 7.21. The summed E-state index contributed by atoms with van der Waals surface area (Å²) in [5, 5.41) is 10.3. The molecule has 3 aromatic heterocycles. The molecule has 0 amide bonds. The zero-order valence-electron chi connectivity index (χ0n) is 16.1. The molecule has 4 rings (SSSR count). The van der Waals surface area contributed by atoms with E-state index in [1.165, 1.54) is 12.1 Å². The van der Waals surface area contributed by atoms with Gasteiger partial charge in [-0.15, -0.1) is 0 Å². The summed E-state index contributed by atoms with van der Waals surface area (Å²) in [6, 6.07) is 9.74. The maximum Gasteiger partial charge on any atom is 0.161 e. The van der Waals surface area contributed by atoms with E-state index < -0.39 is 0 Å². The van der Waals surface area contributed by atoms with Gasteiger partial charge in [-0.1, -0.05) is 11.6 Å². The molecule has 0 bridgehead atoms. The quantitative estimate of drug-likeness (QED) is 0.515. The highest BCUT2D eigenvalue weighted by Gasteiger charge is 2.13. The molecular formula is C20H19ClFN7. The molecule has 7 nitrogen and oxygen atoms in total. The lowest BCUT2D eigenvalue weighted by Crippen LogP contribution is -2.01. The average Bonchev–Trinajstić information content (AvgIpc) is 3.14. The lowest BCUT2D eigenvalue weighted by Gasteiger charge is -2.02. The third-order valence-corrected chi connectivity index (χ3v) is 5.16. The third-order valence-electron chi connectivity index (χ3n) is 4.62. The molecule has 29 heavy (non-hydrogen) atoms. The number of H-pyrrole nitrogens is 1. The number of nitrogens with one attached hydrogen (secondary N) is 1. The van der Waals surface area contributed by atoms with Crippen LogP contribution in [0.4, 0.5) is 10.2 Å². The van der Waals surface area contributed by atoms with Crippen molar-refractivity contribution in [2.24, 2.45) is 7.05 Å². The first kappa shape index (κ1) is 18.9. The summed E-state index contributed by atoms with van der Waals surface area (Å²) in [6.45, 7) is 3.69. The van der Waals surface area contributed by atoms with Gasteiger partial charge in [-0.3, -0.25) is 4.68 Å². The number of aromatic nitrogens is 6. The van der Waals surface area contributed by atoms with E-state index in [9.17, 15) is 4.39 Å². The van der Waals surface area contributed by atoms with Crippen molar-refractivity contribution in [3.8, 4) is 17.1 Å². The molecule has 1 aromatic carbocycles. The number of nitrogens with zero attached hydrogens (tertiary/aromatic N) is 5. The molecule has 0 aliphatic rings. The van der Waals surface area contributed by atoms with Crippen molar-refractivity contribution in [2.45, 2.75) is 13.8 Å². The number of anilines is 1. The Morgan fingerprint density at radius 1 is 1.10 bits per heavy atom. The number of rotatable bonds is 2. The summed E-state index contributed by atoms with van der Waals surface area (Å²) in [5.74, 6) is 0.562. The summed E-state index contributed by atoms with van der Waals surface area (Å²) >= 11 is 6.27. The minimum atomic E-state index is -0.297. The number of hydrogen-bond donors (Lipinski definition) is 2. The molecule has 3 heterocycles. The number of nitrogens with two attached hydrogens (primary N) is 1. The van der Waals surface area contributed by atoms with Gasteiger partial charge in [-0.25, -0.2) is 14.1 Å². The molecule has 9 heteroatoms. The molecule has 0 atom stereocenters. The maximum atomic E-state index is 13.4. The zero-order chi connectivity index (χ0) is 20.7. The molecule has 0 radical (unpaired) electrons. The van der Waals surface area contributed by atoms with Crippen molar-refractivity contribution in [3.63, 3.8) is 0 Å². The van der Waals surface area contributed by atoms with Gasteiger partial charge in [0, 0.05) is 30.3 Å². The summed E-state index contributed by atoms with van der Waals surface area (Å²) in [4.78, 5) is 7.63. The number of nitrogen functional groups attached to an aromatic ring is 1. The fourth-order valence-corrected chi connectivity index (χ4v) is 3.36. The third kappa shape index (κ3) is 3.42. The fraction of sp³-hybridized carbons (Fsp3) is 0.150. The summed E-state index contributed by atoms with van der Waals surface area (Å²) in [5.41, 5.74) is 9.88. The minimum absolute atomic E-state index is 0.297. The zero-order valence-corrected chi connectivity index (χ0v) is 16.9. The first-order valence-corrected chi connectivity index (χ1v) is 9.26. The molecule has 3 N–H and O–H groups in total. The van der Waals surface area contributed by atoms with Crippen molar-refractivity contribution < 1.29 is 4.39 Å². The topological polar surface area (TPSA) is 90.3 Å². The Hall–Kier alpha value is -3.39. The van der Waals surface area contributed by atoms with Gasteiger partial charge in [0.2, 0.25) is 0 Å². The Balaban J connectivity index is 1.96. The number of aromatic amines is 1. The first-order chi connectivity index (χ1) is 13.8. The fourth-order valence-electron chi connectivity index (χ4n) is 3.24. The van der Waals surface area contributed by atoms with Gasteiger partial charge in [-0.05, 0) is 44.2 Å². The molecule has 0 unspecified atom stereocenters. The number of halogens is 2. The van der Waals surface area contributed by atoms with Crippen LogP contribution in [0.25, 0.3) is 28.1 Å². The minimum Gasteiger partial charge on any atom is -0.385 e. The number of benzene rings is 1. The maximum absolute atomic E-state index is 13.4.